The topological polar surface area (TPSA) is 93.7 Å². The van der Waals surface area contributed by atoms with E-state index in [2.05, 4.69) is 10.0 Å². The van der Waals surface area contributed by atoms with Crippen molar-refractivity contribution in [3.63, 3.8) is 0 Å². The van der Waals surface area contributed by atoms with Gasteiger partial charge in [0.05, 0.1) is 17.2 Å². The number of hydrogen-bond acceptors (Lipinski definition) is 5. The number of amides is 1. The van der Waals surface area contributed by atoms with Crippen LogP contribution in [0.15, 0.2) is 89.8 Å². The van der Waals surface area contributed by atoms with E-state index in [1.165, 1.54) is 18.2 Å². The Morgan fingerprint density at radius 3 is 2.20 bits per heavy atom. The molecule has 0 radical (unpaired) electrons. The van der Waals surface area contributed by atoms with Gasteiger partial charge in [0, 0.05) is 5.69 Å². The van der Waals surface area contributed by atoms with Crippen molar-refractivity contribution in [1.82, 2.24) is 0 Å². The molecule has 3 aromatic carbocycles. The molecular formula is C22H22N2O5S. The van der Waals surface area contributed by atoms with E-state index < -0.39 is 10.0 Å². The normalized spacial score (nSPS) is 10.9. The Morgan fingerprint density at radius 2 is 1.47 bits per heavy atom. The number of sulfonamides is 1. The van der Waals surface area contributed by atoms with Crippen molar-refractivity contribution in [2.75, 3.05) is 29.9 Å². The van der Waals surface area contributed by atoms with E-state index in [0.29, 0.717) is 18.0 Å². The number of anilines is 2. The molecular weight excluding hydrogens is 404 g/mol. The molecule has 2 N–H and O–H groups in total. The first kappa shape index (κ1) is 21.4. The summed E-state index contributed by atoms with van der Waals surface area (Å²) in [5.41, 5.74) is 0.797. The zero-order chi connectivity index (χ0) is 21.2. The molecule has 7 nitrogen and oxygen atoms in total. The molecule has 0 spiro atoms. The van der Waals surface area contributed by atoms with Gasteiger partial charge in [0.2, 0.25) is 5.91 Å². The van der Waals surface area contributed by atoms with Gasteiger partial charge in [-0.1, -0.05) is 42.5 Å². The lowest BCUT2D eigenvalue weighted by Crippen LogP contribution is -2.20. The van der Waals surface area contributed by atoms with Crippen molar-refractivity contribution < 1.29 is 22.7 Å². The lowest BCUT2D eigenvalue weighted by atomic mass is 10.3. The second-order valence-corrected chi connectivity index (χ2v) is 7.94. The molecule has 0 aliphatic carbocycles. The molecule has 0 aliphatic rings. The third-order valence-electron chi connectivity index (χ3n) is 3.92. The van der Waals surface area contributed by atoms with E-state index in [1.54, 1.807) is 36.4 Å². The van der Waals surface area contributed by atoms with Crippen LogP contribution in [-0.2, 0) is 19.6 Å². The van der Waals surface area contributed by atoms with Gasteiger partial charge in [-0.15, -0.1) is 0 Å². The van der Waals surface area contributed by atoms with Gasteiger partial charge in [-0.2, -0.15) is 0 Å². The smallest absolute Gasteiger partial charge is 0.261 e. The van der Waals surface area contributed by atoms with Crippen molar-refractivity contribution in [2.24, 2.45) is 0 Å². The molecule has 0 atom stereocenters. The minimum absolute atomic E-state index is 0.141. The van der Waals surface area contributed by atoms with E-state index >= 15 is 0 Å². The summed E-state index contributed by atoms with van der Waals surface area (Å²) >= 11 is 0. The monoisotopic (exact) mass is 426 g/mol. The quantitative estimate of drug-likeness (QED) is 0.484. The Morgan fingerprint density at radius 1 is 0.800 bits per heavy atom. The second-order valence-electron chi connectivity index (χ2n) is 6.26. The number of carbonyl (C=O) groups excluding carboxylic acids is 1. The number of carbonyl (C=O) groups is 1. The molecule has 3 aromatic rings. The van der Waals surface area contributed by atoms with Crippen LogP contribution in [0.1, 0.15) is 0 Å². The third-order valence-corrected chi connectivity index (χ3v) is 5.32. The number of benzene rings is 3. The Labute approximate surface area is 175 Å². The maximum Gasteiger partial charge on any atom is 0.261 e. The summed E-state index contributed by atoms with van der Waals surface area (Å²) in [6.45, 7) is 0.450. The fraction of sp³-hybridized carbons (Fsp3) is 0.136. The summed E-state index contributed by atoms with van der Waals surface area (Å²) in [6, 6.07) is 23.8. The Kier molecular flexibility index (Phi) is 7.42. The minimum Gasteiger partial charge on any atom is -0.491 e. The fourth-order valence-corrected chi connectivity index (χ4v) is 3.64. The highest BCUT2D eigenvalue weighted by Crippen LogP contribution is 2.19. The number of rotatable bonds is 10. The summed E-state index contributed by atoms with van der Waals surface area (Å²) in [6.07, 6.45) is 0. The maximum atomic E-state index is 12.4. The molecule has 0 heterocycles. The first-order valence-electron chi connectivity index (χ1n) is 9.26. The summed E-state index contributed by atoms with van der Waals surface area (Å²) in [5.74, 6) is 0.387. The largest absolute Gasteiger partial charge is 0.491 e. The molecule has 8 heteroatoms. The summed E-state index contributed by atoms with van der Waals surface area (Å²) < 4.78 is 38.1. The molecule has 1 amide bonds. The molecule has 0 aromatic heterocycles. The zero-order valence-corrected chi connectivity index (χ0v) is 17.0. The highest BCUT2D eigenvalue weighted by molar-refractivity contribution is 7.92. The Bertz CT molecular complexity index is 1060. The van der Waals surface area contributed by atoms with Gasteiger partial charge in [-0.25, -0.2) is 8.42 Å². The van der Waals surface area contributed by atoms with Gasteiger partial charge in [0.15, 0.2) is 0 Å². The molecule has 0 saturated carbocycles. The molecule has 0 unspecified atom stereocenters. The standard InChI is InChI=1S/C22H22N2O5S/c25-22(17-28-14-15-29-20-10-3-1-4-11-20)23-18-8-7-9-19(16-18)24-30(26,27)21-12-5-2-6-13-21/h1-13,16,24H,14-15,17H2,(H,23,25). The number of para-hydroxylation sites is 1. The zero-order valence-electron chi connectivity index (χ0n) is 16.2. The highest BCUT2D eigenvalue weighted by atomic mass is 32.2. The van der Waals surface area contributed by atoms with Crippen LogP contribution in [0, 0.1) is 0 Å². The van der Waals surface area contributed by atoms with Gasteiger partial charge in [0.25, 0.3) is 10.0 Å². The van der Waals surface area contributed by atoms with Gasteiger partial charge in [0.1, 0.15) is 19.0 Å². The number of ether oxygens (including phenoxy) is 2. The summed E-state index contributed by atoms with van der Waals surface area (Å²) in [5, 5.41) is 2.68. The molecule has 156 valence electrons. The average Bonchev–Trinajstić information content (AvgIpc) is 2.75. The molecule has 0 aliphatic heterocycles. The van der Waals surface area contributed by atoms with Crippen molar-refractivity contribution >= 4 is 27.3 Å². The number of hydrogen-bond donors (Lipinski definition) is 2. The van der Waals surface area contributed by atoms with Crippen LogP contribution in [0.5, 0.6) is 5.75 Å². The predicted molar refractivity (Wildman–Crippen MR) is 115 cm³/mol. The molecule has 0 bridgehead atoms. The van der Waals surface area contributed by atoms with Crippen LogP contribution in [0.3, 0.4) is 0 Å². The van der Waals surface area contributed by atoms with Crippen molar-refractivity contribution in [2.45, 2.75) is 4.90 Å². The van der Waals surface area contributed by atoms with Crippen molar-refractivity contribution in [1.29, 1.82) is 0 Å². The minimum atomic E-state index is -3.70. The molecule has 0 saturated heterocycles. The lowest BCUT2D eigenvalue weighted by Gasteiger charge is -2.11. The molecule has 3 rings (SSSR count). The van der Waals surface area contributed by atoms with Crippen molar-refractivity contribution in [3.05, 3.63) is 84.9 Å². The molecule has 30 heavy (non-hydrogen) atoms. The second kappa shape index (κ2) is 10.4. The Hall–Kier alpha value is -3.36. The van der Waals surface area contributed by atoms with Gasteiger partial charge in [-0.3, -0.25) is 9.52 Å². The highest BCUT2D eigenvalue weighted by Gasteiger charge is 2.13. The predicted octanol–water partition coefficient (Wildman–Crippen LogP) is 3.52. The first-order valence-corrected chi connectivity index (χ1v) is 10.7. The van der Waals surface area contributed by atoms with Crippen LogP contribution in [-0.4, -0.2) is 34.1 Å². The number of nitrogens with one attached hydrogen (secondary N) is 2. The Balaban J connectivity index is 1.46. The van der Waals surface area contributed by atoms with Crippen molar-refractivity contribution in [3.8, 4) is 5.75 Å². The van der Waals surface area contributed by atoms with E-state index in [9.17, 15) is 13.2 Å². The van der Waals surface area contributed by atoms with E-state index in [-0.39, 0.29) is 24.0 Å². The van der Waals surface area contributed by atoms with Crippen LogP contribution in [0.25, 0.3) is 0 Å². The SMILES string of the molecule is O=C(COCCOc1ccccc1)Nc1cccc(NS(=O)(=O)c2ccccc2)c1. The van der Waals surface area contributed by atoms with E-state index in [4.69, 9.17) is 9.47 Å². The van der Waals surface area contributed by atoms with E-state index in [0.717, 1.165) is 5.75 Å². The lowest BCUT2D eigenvalue weighted by molar-refractivity contribution is -0.120. The van der Waals surface area contributed by atoms with Gasteiger partial charge < -0.3 is 14.8 Å². The van der Waals surface area contributed by atoms with E-state index in [1.807, 2.05) is 30.3 Å². The van der Waals surface area contributed by atoms with Gasteiger partial charge in [-0.05, 0) is 42.5 Å². The summed E-state index contributed by atoms with van der Waals surface area (Å²) in [7, 11) is -3.70. The van der Waals surface area contributed by atoms with Crippen LogP contribution >= 0.6 is 0 Å². The fourth-order valence-electron chi connectivity index (χ4n) is 2.57. The maximum absolute atomic E-state index is 12.4. The summed E-state index contributed by atoms with van der Waals surface area (Å²) in [4.78, 5) is 12.2. The molecule has 0 fully saturated rings. The van der Waals surface area contributed by atoms with Crippen LogP contribution in [0.2, 0.25) is 0 Å². The van der Waals surface area contributed by atoms with Crippen LogP contribution in [0.4, 0.5) is 11.4 Å². The first-order chi connectivity index (χ1) is 14.5. The van der Waals surface area contributed by atoms with Gasteiger partial charge >= 0.3 is 0 Å². The van der Waals surface area contributed by atoms with Crippen LogP contribution < -0.4 is 14.8 Å². The average molecular weight is 426 g/mol. The third kappa shape index (κ3) is 6.61.